The minimum Gasteiger partial charge on any atom is -0.493 e. The molecular formula is C14H19NO4S. The summed E-state index contributed by atoms with van der Waals surface area (Å²) in [5.41, 5.74) is 0.951. The standard InChI is InChI=1S/C14H19NO4S/c16-12-3-1-11(2-4-12)15-20(17,18)13-5-6-14-10(9-13)7-8-19-14/h5-6,9,11-12,15-16H,1-4,7-8H2. The molecule has 0 saturated heterocycles. The Morgan fingerprint density at radius 2 is 1.95 bits per heavy atom. The summed E-state index contributed by atoms with van der Waals surface area (Å²) < 4.78 is 32.9. The minimum atomic E-state index is -3.49. The zero-order chi connectivity index (χ0) is 14.2. The number of sulfonamides is 1. The van der Waals surface area contributed by atoms with Crippen LogP contribution in [0.2, 0.25) is 0 Å². The maximum atomic E-state index is 12.4. The highest BCUT2D eigenvalue weighted by atomic mass is 32.2. The minimum absolute atomic E-state index is 0.0760. The molecule has 3 rings (SSSR count). The van der Waals surface area contributed by atoms with E-state index in [2.05, 4.69) is 4.72 Å². The fourth-order valence-electron chi connectivity index (χ4n) is 2.81. The Labute approximate surface area is 119 Å². The van der Waals surface area contributed by atoms with E-state index < -0.39 is 10.0 Å². The van der Waals surface area contributed by atoms with Gasteiger partial charge in [0.05, 0.1) is 17.6 Å². The number of nitrogens with one attached hydrogen (secondary N) is 1. The van der Waals surface area contributed by atoms with Crippen molar-refractivity contribution in [3.8, 4) is 5.75 Å². The van der Waals surface area contributed by atoms with E-state index in [4.69, 9.17) is 4.74 Å². The average Bonchev–Trinajstić information content (AvgIpc) is 2.88. The monoisotopic (exact) mass is 297 g/mol. The molecule has 110 valence electrons. The number of aliphatic hydroxyl groups excluding tert-OH is 1. The van der Waals surface area contributed by atoms with Gasteiger partial charge in [-0.1, -0.05) is 0 Å². The third kappa shape index (κ3) is 2.82. The van der Waals surface area contributed by atoms with Crippen molar-refractivity contribution in [3.63, 3.8) is 0 Å². The Morgan fingerprint density at radius 3 is 2.70 bits per heavy atom. The van der Waals surface area contributed by atoms with Gasteiger partial charge in [0.25, 0.3) is 0 Å². The first-order valence-corrected chi connectivity index (χ1v) is 8.49. The van der Waals surface area contributed by atoms with Gasteiger partial charge in [-0.2, -0.15) is 0 Å². The third-order valence-electron chi connectivity index (χ3n) is 3.99. The molecule has 1 fully saturated rings. The van der Waals surface area contributed by atoms with Gasteiger partial charge in [-0.25, -0.2) is 13.1 Å². The first kappa shape index (κ1) is 13.9. The molecule has 20 heavy (non-hydrogen) atoms. The summed E-state index contributed by atoms with van der Waals surface area (Å²) in [6.07, 6.45) is 3.17. The summed E-state index contributed by atoms with van der Waals surface area (Å²) >= 11 is 0. The van der Waals surface area contributed by atoms with E-state index >= 15 is 0 Å². The molecule has 1 heterocycles. The van der Waals surface area contributed by atoms with E-state index in [1.165, 1.54) is 0 Å². The number of benzene rings is 1. The van der Waals surface area contributed by atoms with E-state index in [1.54, 1.807) is 18.2 Å². The molecule has 5 nitrogen and oxygen atoms in total. The summed E-state index contributed by atoms with van der Waals surface area (Å²) in [5.74, 6) is 0.782. The maximum absolute atomic E-state index is 12.4. The molecule has 2 aliphatic rings. The molecule has 1 aliphatic carbocycles. The fourth-order valence-corrected chi connectivity index (χ4v) is 4.17. The highest BCUT2D eigenvalue weighted by Gasteiger charge is 2.25. The topological polar surface area (TPSA) is 75.6 Å². The van der Waals surface area contributed by atoms with Gasteiger partial charge in [0.1, 0.15) is 5.75 Å². The molecule has 2 N–H and O–H groups in total. The lowest BCUT2D eigenvalue weighted by Gasteiger charge is -2.26. The van der Waals surface area contributed by atoms with Gasteiger partial charge >= 0.3 is 0 Å². The van der Waals surface area contributed by atoms with Crippen molar-refractivity contribution < 1.29 is 18.3 Å². The second-order valence-corrected chi connectivity index (χ2v) is 7.21. The van der Waals surface area contributed by atoms with Crippen LogP contribution in [0.3, 0.4) is 0 Å². The van der Waals surface area contributed by atoms with Gasteiger partial charge in [-0.3, -0.25) is 0 Å². The molecule has 0 aromatic heterocycles. The number of hydrogen-bond donors (Lipinski definition) is 2. The fraction of sp³-hybridized carbons (Fsp3) is 0.571. The van der Waals surface area contributed by atoms with Crippen LogP contribution in [0, 0.1) is 0 Å². The van der Waals surface area contributed by atoms with Crippen LogP contribution in [0.25, 0.3) is 0 Å². The van der Waals surface area contributed by atoms with Crippen LogP contribution < -0.4 is 9.46 Å². The molecule has 6 heteroatoms. The third-order valence-corrected chi connectivity index (χ3v) is 5.51. The van der Waals surface area contributed by atoms with Crippen molar-refractivity contribution >= 4 is 10.0 Å². The molecule has 0 radical (unpaired) electrons. The maximum Gasteiger partial charge on any atom is 0.240 e. The largest absolute Gasteiger partial charge is 0.493 e. The summed E-state index contributed by atoms with van der Waals surface area (Å²) in [5, 5.41) is 9.46. The van der Waals surface area contributed by atoms with Crippen LogP contribution in [-0.4, -0.2) is 32.3 Å². The predicted octanol–water partition coefficient (Wildman–Crippen LogP) is 1.20. The molecule has 1 aliphatic heterocycles. The first-order valence-electron chi connectivity index (χ1n) is 7.01. The SMILES string of the molecule is O=S(=O)(NC1CCC(O)CC1)c1ccc2c(c1)CCO2. The van der Waals surface area contributed by atoms with Crippen LogP contribution in [-0.2, 0) is 16.4 Å². The first-order chi connectivity index (χ1) is 9.54. The molecule has 1 aromatic rings. The van der Waals surface area contributed by atoms with Crippen molar-refractivity contribution in [1.82, 2.24) is 4.72 Å². The quantitative estimate of drug-likeness (QED) is 0.879. The van der Waals surface area contributed by atoms with Crippen LogP contribution in [0.1, 0.15) is 31.2 Å². The van der Waals surface area contributed by atoms with Gasteiger partial charge in [0.2, 0.25) is 10.0 Å². The second-order valence-electron chi connectivity index (χ2n) is 5.49. The summed E-state index contributed by atoms with van der Waals surface area (Å²) in [6, 6.07) is 4.93. The van der Waals surface area contributed by atoms with Crippen molar-refractivity contribution in [2.75, 3.05) is 6.61 Å². The molecule has 1 saturated carbocycles. The van der Waals surface area contributed by atoms with E-state index in [9.17, 15) is 13.5 Å². The molecule has 1 aromatic carbocycles. The highest BCUT2D eigenvalue weighted by Crippen LogP contribution is 2.28. The number of hydrogen-bond acceptors (Lipinski definition) is 4. The van der Waals surface area contributed by atoms with Crippen molar-refractivity contribution in [1.29, 1.82) is 0 Å². The van der Waals surface area contributed by atoms with Gasteiger partial charge in [-0.05, 0) is 49.4 Å². The van der Waals surface area contributed by atoms with Gasteiger partial charge in [0.15, 0.2) is 0 Å². The van der Waals surface area contributed by atoms with Crippen LogP contribution in [0.15, 0.2) is 23.1 Å². The Bertz CT molecular complexity index is 591. The van der Waals surface area contributed by atoms with E-state index in [1.807, 2.05) is 0 Å². The number of rotatable bonds is 3. The molecule has 0 bridgehead atoms. The van der Waals surface area contributed by atoms with E-state index in [0.29, 0.717) is 37.2 Å². The number of ether oxygens (including phenoxy) is 1. The average molecular weight is 297 g/mol. The predicted molar refractivity (Wildman–Crippen MR) is 74.2 cm³/mol. The highest BCUT2D eigenvalue weighted by molar-refractivity contribution is 7.89. The molecule has 0 atom stereocenters. The Hall–Kier alpha value is -1.11. The lowest BCUT2D eigenvalue weighted by molar-refractivity contribution is 0.120. The molecular weight excluding hydrogens is 278 g/mol. The summed E-state index contributed by atoms with van der Waals surface area (Å²) in [7, 11) is -3.49. The Balaban J connectivity index is 1.75. The van der Waals surface area contributed by atoms with Crippen LogP contribution in [0.4, 0.5) is 0 Å². The van der Waals surface area contributed by atoms with Crippen molar-refractivity contribution in [2.45, 2.75) is 49.1 Å². The molecule has 0 spiro atoms. The lowest BCUT2D eigenvalue weighted by Crippen LogP contribution is -2.38. The van der Waals surface area contributed by atoms with Gasteiger partial charge in [0, 0.05) is 12.5 Å². The van der Waals surface area contributed by atoms with Crippen molar-refractivity contribution in [2.24, 2.45) is 0 Å². The zero-order valence-corrected chi connectivity index (χ0v) is 12.0. The smallest absolute Gasteiger partial charge is 0.240 e. The van der Waals surface area contributed by atoms with E-state index in [-0.39, 0.29) is 12.1 Å². The van der Waals surface area contributed by atoms with Crippen LogP contribution in [0.5, 0.6) is 5.75 Å². The zero-order valence-electron chi connectivity index (χ0n) is 11.2. The molecule has 0 unspecified atom stereocenters. The normalized spacial score (nSPS) is 26.1. The summed E-state index contributed by atoms with van der Waals surface area (Å²) in [6.45, 7) is 0.618. The van der Waals surface area contributed by atoms with Gasteiger partial charge < -0.3 is 9.84 Å². The second kappa shape index (κ2) is 5.35. The van der Waals surface area contributed by atoms with Gasteiger partial charge in [-0.15, -0.1) is 0 Å². The van der Waals surface area contributed by atoms with Crippen LogP contribution >= 0.6 is 0 Å². The van der Waals surface area contributed by atoms with Crippen molar-refractivity contribution in [3.05, 3.63) is 23.8 Å². The molecule has 0 amide bonds. The lowest BCUT2D eigenvalue weighted by atomic mass is 9.94. The Morgan fingerprint density at radius 1 is 1.20 bits per heavy atom. The summed E-state index contributed by atoms with van der Waals surface area (Å²) in [4.78, 5) is 0.299. The number of fused-ring (bicyclic) bond motifs is 1. The van der Waals surface area contributed by atoms with E-state index in [0.717, 1.165) is 17.7 Å². The Kier molecular flexibility index (Phi) is 3.70. The number of aliphatic hydroxyl groups is 1.